The average Bonchev–Trinajstić information content (AvgIpc) is 3.03. The molecule has 0 radical (unpaired) electrons. The van der Waals surface area contributed by atoms with Crippen LogP contribution in [-0.2, 0) is 4.79 Å². The van der Waals surface area contributed by atoms with Crippen molar-refractivity contribution in [3.63, 3.8) is 0 Å². The number of piperazine rings is 1. The van der Waals surface area contributed by atoms with E-state index in [1.165, 1.54) is 5.57 Å². The van der Waals surface area contributed by atoms with Gasteiger partial charge in [0.05, 0.1) is 5.69 Å². The Bertz CT molecular complexity index is 916. The van der Waals surface area contributed by atoms with E-state index in [1.807, 2.05) is 37.3 Å². The van der Waals surface area contributed by atoms with E-state index in [9.17, 15) is 4.79 Å². The number of nitrogens with zero attached hydrogens (tertiary/aromatic N) is 3. The standard InChI is InChI=1S/C26H34N4O/c1-4-9-24-23(21(2)20-25(28-24)30-18-16-29(3)17-19-30)14-15-27-26(31)13-12-22-10-7-5-6-8-11-22/h4-7,9-11,14-15,20H,8,12-13,16-19H2,1-3H3,(H,27,31)/b9-4-,15-14+. The second-order valence-electron chi connectivity index (χ2n) is 8.09. The van der Waals surface area contributed by atoms with E-state index in [-0.39, 0.29) is 5.91 Å². The Kier molecular flexibility index (Phi) is 8.42. The number of carbonyl (C=O) groups is 1. The molecule has 1 amide bonds. The van der Waals surface area contributed by atoms with Crippen molar-refractivity contribution in [2.24, 2.45) is 0 Å². The quantitative estimate of drug-likeness (QED) is 0.709. The third-order valence-corrected chi connectivity index (χ3v) is 5.64. The Morgan fingerprint density at radius 3 is 2.77 bits per heavy atom. The predicted octanol–water partition coefficient (Wildman–Crippen LogP) is 4.48. The third-order valence-electron chi connectivity index (χ3n) is 5.64. The molecule has 0 atom stereocenters. The van der Waals surface area contributed by atoms with Gasteiger partial charge in [0.2, 0.25) is 5.91 Å². The molecule has 2 heterocycles. The molecule has 5 heteroatoms. The number of pyridine rings is 1. The van der Waals surface area contributed by atoms with Gasteiger partial charge in [0, 0.05) is 44.4 Å². The first-order valence-electron chi connectivity index (χ1n) is 11.1. The van der Waals surface area contributed by atoms with Crippen molar-refractivity contribution in [1.29, 1.82) is 0 Å². The Hall–Kier alpha value is -2.92. The highest BCUT2D eigenvalue weighted by atomic mass is 16.1. The van der Waals surface area contributed by atoms with Gasteiger partial charge >= 0.3 is 0 Å². The second-order valence-corrected chi connectivity index (χ2v) is 8.09. The summed E-state index contributed by atoms with van der Waals surface area (Å²) in [6.07, 6.45) is 20.3. The van der Waals surface area contributed by atoms with Gasteiger partial charge in [0.25, 0.3) is 0 Å². The monoisotopic (exact) mass is 418 g/mol. The lowest BCUT2D eigenvalue weighted by Gasteiger charge is -2.33. The topological polar surface area (TPSA) is 48.5 Å². The summed E-state index contributed by atoms with van der Waals surface area (Å²) in [5.74, 6) is 1.05. The molecule has 1 aromatic heterocycles. The highest BCUT2D eigenvalue weighted by Gasteiger charge is 2.17. The van der Waals surface area contributed by atoms with E-state index in [4.69, 9.17) is 4.98 Å². The average molecular weight is 419 g/mol. The number of aryl methyl sites for hydroxylation is 1. The molecule has 3 rings (SSSR count). The number of nitrogens with one attached hydrogen (secondary N) is 1. The molecule has 1 fully saturated rings. The Morgan fingerprint density at radius 2 is 2.00 bits per heavy atom. The lowest BCUT2D eigenvalue weighted by molar-refractivity contribution is -0.120. The van der Waals surface area contributed by atoms with Crippen LogP contribution in [0, 0.1) is 6.92 Å². The fourth-order valence-corrected chi connectivity index (χ4v) is 3.75. The predicted molar refractivity (Wildman–Crippen MR) is 131 cm³/mol. The van der Waals surface area contributed by atoms with Gasteiger partial charge < -0.3 is 15.1 Å². The highest BCUT2D eigenvalue weighted by Crippen LogP contribution is 2.23. The minimum absolute atomic E-state index is 0.0232. The molecule has 1 aliphatic carbocycles. The van der Waals surface area contributed by atoms with E-state index >= 15 is 0 Å². The van der Waals surface area contributed by atoms with Crippen LogP contribution in [0.5, 0.6) is 0 Å². The van der Waals surface area contributed by atoms with Crippen LogP contribution < -0.4 is 10.2 Å². The van der Waals surface area contributed by atoms with Gasteiger partial charge in [-0.3, -0.25) is 4.79 Å². The van der Waals surface area contributed by atoms with Gasteiger partial charge in [0.1, 0.15) is 5.82 Å². The summed E-state index contributed by atoms with van der Waals surface area (Å²) in [7, 11) is 2.16. The van der Waals surface area contributed by atoms with Crippen LogP contribution in [0.4, 0.5) is 5.82 Å². The van der Waals surface area contributed by atoms with E-state index in [2.05, 4.69) is 53.4 Å². The maximum absolute atomic E-state index is 12.3. The first kappa shape index (κ1) is 22.8. The molecule has 0 aromatic carbocycles. The van der Waals surface area contributed by atoms with Crippen molar-refractivity contribution in [3.05, 3.63) is 71.1 Å². The van der Waals surface area contributed by atoms with Gasteiger partial charge in [-0.1, -0.05) is 42.0 Å². The van der Waals surface area contributed by atoms with Crippen LogP contribution in [0.1, 0.15) is 43.0 Å². The van der Waals surface area contributed by atoms with Crippen LogP contribution in [0.15, 0.2) is 54.3 Å². The summed E-state index contributed by atoms with van der Waals surface area (Å²) < 4.78 is 0. The number of anilines is 1. The van der Waals surface area contributed by atoms with E-state index in [0.29, 0.717) is 6.42 Å². The fourth-order valence-electron chi connectivity index (χ4n) is 3.75. The summed E-state index contributed by atoms with van der Waals surface area (Å²) in [4.78, 5) is 21.9. The smallest absolute Gasteiger partial charge is 0.224 e. The molecule has 1 aliphatic heterocycles. The molecule has 1 N–H and O–H groups in total. The Balaban J connectivity index is 1.63. The number of rotatable bonds is 7. The highest BCUT2D eigenvalue weighted by molar-refractivity contribution is 5.78. The first-order valence-corrected chi connectivity index (χ1v) is 11.1. The second kappa shape index (κ2) is 11.5. The van der Waals surface area contributed by atoms with Crippen LogP contribution in [0.25, 0.3) is 12.2 Å². The van der Waals surface area contributed by atoms with Gasteiger partial charge in [-0.15, -0.1) is 0 Å². The molecule has 1 saturated heterocycles. The summed E-state index contributed by atoms with van der Waals surface area (Å²) >= 11 is 0. The van der Waals surface area contributed by atoms with Crippen molar-refractivity contribution in [3.8, 4) is 0 Å². The Labute approximate surface area is 186 Å². The molecule has 164 valence electrons. The molecular formula is C26H34N4O. The summed E-state index contributed by atoms with van der Waals surface area (Å²) in [6, 6.07) is 2.15. The molecule has 0 unspecified atom stereocenters. The van der Waals surface area contributed by atoms with Crippen molar-refractivity contribution in [2.75, 3.05) is 38.1 Å². The molecule has 1 aromatic rings. The molecule has 2 aliphatic rings. The Morgan fingerprint density at radius 1 is 1.19 bits per heavy atom. The van der Waals surface area contributed by atoms with Crippen molar-refractivity contribution < 1.29 is 4.79 Å². The number of hydrogen-bond donors (Lipinski definition) is 1. The van der Waals surface area contributed by atoms with Gasteiger partial charge in [-0.05, 0) is 57.5 Å². The zero-order chi connectivity index (χ0) is 22.1. The normalized spacial score (nSPS) is 17.4. The lowest BCUT2D eigenvalue weighted by Crippen LogP contribution is -2.44. The molecule has 0 saturated carbocycles. The zero-order valence-electron chi connectivity index (χ0n) is 19.0. The van der Waals surface area contributed by atoms with Crippen LogP contribution in [-0.4, -0.2) is 49.0 Å². The van der Waals surface area contributed by atoms with Crippen LogP contribution >= 0.6 is 0 Å². The van der Waals surface area contributed by atoms with Crippen LogP contribution in [0.3, 0.4) is 0 Å². The number of likely N-dealkylation sites (N-methyl/N-ethyl adjacent to an activating group) is 1. The SMILES string of the molecule is C/C=C\c1nc(N2CCN(C)CC2)cc(C)c1/C=C/NC(=O)CCC1=CCC=CC=C1. The van der Waals surface area contributed by atoms with Crippen molar-refractivity contribution >= 4 is 23.9 Å². The largest absolute Gasteiger partial charge is 0.354 e. The van der Waals surface area contributed by atoms with Crippen molar-refractivity contribution in [2.45, 2.75) is 33.1 Å². The summed E-state index contributed by atoms with van der Waals surface area (Å²) in [6.45, 7) is 8.19. The summed E-state index contributed by atoms with van der Waals surface area (Å²) in [5, 5.41) is 2.91. The number of allylic oxidation sites excluding steroid dienone is 7. The fraction of sp³-hybridized carbons (Fsp3) is 0.385. The molecule has 5 nitrogen and oxygen atoms in total. The number of aromatic nitrogens is 1. The van der Waals surface area contributed by atoms with Gasteiger partial charge in [0.15, 0.2) is 0 Å². The molecular weight excluding hydrogens is 384 g/mol. The molecule has 0 bridgehead atoms. The molecule has 31 heavy (non-hydrogen) atoms. The van der Waals surface area contributed by atoms with E-state index in [0.717, 1.165) is 61.7 Å². The number of amides is 1. The minimum Gasteiger partial charge on any atom is -0.354 e. The van der Waals surface area contributed by atoms with E-state index in [1.54, 1.807) is 6.20 Å². The van der Waals surface area contributed by atoms with E-state index < -0.39 is 0 Å². The number of hydrogen-bond acceptors (Lipinski definition) is 4. The molecule has 0 spiro atoms. The maximum atomic E-state index is 12.3. The summed E-state index contributed by atoms with van der Waals surface area (Å²) in [5.41, 5.74) is 4.34. The minimum atomic E-state index is 0.0232. The van der Waals surface area contributed by atoms with Gasteiger partial charge in [-0.2, -0.15) is 0 Å². The maximum Gasteiger partial charge on any atom is 0.224 e. The number of carbonyl (C=O) groups excluding carboxylic acids is 1. The lowest BCUT2D eigenvalue weighted by atomic mass is 10.1. The van der Waals surface area contributed by atoms with Crippen LogP contribution in [0.2, 0.25) is 0 Å². The third kappa shape index (κ3) is 6.79. The zero-order valence-corrected chi connectivity index (χ0v) is 19.0. The van der Waals surface area contributed by atoms with Crippen molar-refractivity contribution in [1.82, 2.24) is 15.2 Å². The first-order chi connectivity index (χ1) is 15.1. The van der Waals surface area contributed by atoms with Gasteiger partial charge in [-0.25, -0.2) is 4.98 Å².